The van der Waals surface area contributed by atoms with Crippen molar-refractivity contribution in [1.29, 1.82) is 0 Å². The number of nitrogen functional groups attached to an aromatic ring is 1. The number of pyridine rings is 1. The fourth-order valence-corrected chi connectivity index (χ4v) is 2.40. The van der Waals surface area contributed by atoms with Crippen LogP contribution in [0.3, 0.4) is 0 Å². The molecule has 1 heterocycles. The fraction of sp³-hybridized carbons (Fsp3) is 0.583. The van der Waals surface area contributed by atoms with Crippen molar-refractivity contribution in [2.24, 2.45) is 5.84 Å². The van der Waals surface area contributed by atoms with Gasteiger partial charge in [-0.15, -0.1) is 0 Å². The van der Waals surface area contributed by atoms with Crippen LogP contribution in [-0.4, -0.2) is 10.5 Å². The van der Waals surface area contributed by atoms with E-state index in [1.54, 1.807) is 0 Å². The first-order chi connectivity index (χ1) is 8.54. The highest BCUT2D eigenvalue weighted by atomic mass is 19.1. The Kier molecular flexibility index (Phi) is 3.65. The van der Waals surface area contributed by atoms with Gasteiger partial charge in [-0.2, -0.15) is 0 Å². The molecule has 0 saturated heterocycles. The van der Waals surface area contributed by atoms with Gasteiger partial charge in [0.05, 0.1) is 0 Å². The van der Waals surface area contributed by atoms with Gasteiger partial charge in [-0.3, -0.25) is 0 Å². The molecule has 1 aliphatic carbocycles. The minimum absolute atomic E-state index is 0.0498. The SMILES string of the molecule is CC1(Nc2nc(NN)c(F)cc2F)CCCCC1. The van der Waals surface area contributed by atoms with E-state index >= 15 is 0 Å². The van der Waals surface area contributed by atoms with Crippen molar-refractivity contribution in [3.8, 4) is 0 Å². The summed E-state index contributed by atoms with van der Waals surface area (Å²) in [5.41, 5.74) is 1.94. The van der Waals surface area contributed by atoms with E-state index in [9.17, 15) is 8.78 Å². The molecule has 0 unspecified atom stereocenters. The van der Waals surface area contributed by atoms with Crippen LogP contribution in [0.5, 0.6) is 0 Å². The average Bonchev–Trinajstić information content (AvgIpc) is 2.33. The first-order valence-corrected chi connectivity index (χ1v) is 6.15. The van der Waals surface area contributed by atoms with E-state index in [0.717, 1.165) is 31.7 Å². The van der Waals surface area contributed by atoms with Gasteiger partial charge in [0.1, 0.15) is 0 Å². The van der Waals surface area contributed by atoms with Crippen LogP contribution >= 0.6 is 0 Å². The van der Waals surface area contributed by atoms with Crippen LogP contribution in [0, 0.1) is 11.6 Å². The van der Waals surface area contributed by atoms with Gasteiger partial charge in [-0.25, -0.2) is 19.6 Å². The Morgan fingerprint density at radius 2 is 1.78 bits per heavy atom. The van der Waals surface area contributed by atoms with Gasteiger partial charge in [0, 0.05) is 11.6 Å². The van der Waals surface area contributed by atoms with E-state index in [1.807, 2.05) is 6.92 Å². The zero-order valence-electron chi connectivity index (χ0n) is 10.4. The maximum atomic E-state index is 13.7. The smallest absolute Gasteiger partial charge is 0.178 e. The second-order valence-electron chi connectivity index (χ2n) is 5.04. The monoisotopic (exact) mass is 256 g/mol. The Bertz CT molecular complexity index is 430. The van der Waals surface area contributed by atoms with Crippen molar-refractivity contribution in [3.05, 3.63) is 17.7 Å². The fourth-order valence-electron chi connectivity index (χ4n) is 2.40. The zero-order chi connectivity index (χ0) is 13.2. The lowest BCUT2D eigenvalue weighted by molar-refractivity contribution is 0.347. The number of hydrogen-bond acceptors (Lipinski definition) is 4. The normalized spacial score (nSPS) is 18.4. The van der Waals surface area contributed by atoms with E-state index in [2.05, 4.69) is 15.7 Å². The van der Waals surface area contributed by atoms with Crippen molar-refractivity contribution in [3.63, 3.8) is 0 Å². The Morgan fingerprint density at radius 1 is 1.17 bits per heavy atom. The number of aromatic nitrogens is 1. The van der Waals surface area contributed by atoms with E-state index in [0.29, 0.717) is 0 Å². The Morgan fingerprint density at radius 3 is 2.39 bits per heavy atom. The van der Waals surface area contributed by atoms with Crippen LogP contribution in [0.1, 0.15) is 39.0 Å². The quantitative estimate of drug-likeness (QED) is 0.575. The minimum Gasteiger partial charge on any atom is -0.362 e. The third-order valence-corrected chi connectivity index (χ3v) is 3.44. The number of nitrogens with zero attached hydrogens (tertiary/aromatic N) is 1. The van der Waals surface area contributed by atoms with Crippen LogP contribution < -0.4 is 16.6 Å². The van der Waals surface area contributed by atoms with Crippen molar-refractivity contribution >= 4 is 11.6 Å². The van der Waals surface area contributed by atoms with E-state index in [1.165, 1.54) is 6.42 Å². The van der Waals surface area contributed by atoms with Gasteiger partial charge in [0.25, 0.3) is 0 Å². The lowest BCUT2D eigenvalue weighted by atomic mass is 9.83. The summed E-state index contributed by atoms with van der Waals surface area (Å²) in [6, 6.07) is 0.788. The molecule has 1 saturated carbocycles. The third kappa shape index (κ3) is 2.69. The molecule has 2 rings (SSSR count). The standard InChI is InChI=1S/C12H18F2N4/c1-12(5-3-2-4-6-12)17-10-8(13)7-9(14)11(16-10)18-15/h7H,2-6,15H2,1H3,(H2,16,17,18). The maximum Gasteiger partial charge on any atom is 0.178 e. The van der Waals surface area contributed by atoms with Gasteiger partial charge < -0.3 is 10.7 Å². The molecule has 1 aromatic heterocycles. The first kappa shape index (κ1) is 13.0. The zero-order valence-corrected chi connectivity index (χ0v) is 10.4. The predicted octanol–water partition coefficient (Wildman–Crippen LogP) is 2.78. The van der Waals surface area contributed by atoms with Crippen molar-refractivity contribution < 1.29 is 8.78 Å². The molecule has 0 radical (unpaired) electrons. The second kappa shape index (κ2) is 5.06. The van der Waals surface area contributed by atoms with Gasteiger partial charge in [-0.05, 0) is 19.8 Å². The molecule has 0 spiro atoms. The number of anilines is 2. The Labute approximate surface area is 105 Å². The lowest BCUT2D eigenvalue weighted by Gasteiger charge is -2.35. The third-order valence-electron chi connectivity index (χ3n) is 3.44. The van der Waals surface area contributed by atoms with Crippen LogP contribution in [0.4, 0.5) is 20.4 Å². The van der Waals surface area contributed by atoms with Crippen molar-refractivity contribution in [2.75, 3.05) is 10.7 Å². The molecular weight excluding hydrogens is 238 g/mol. The molecule has 100 valence electrons. The highest BCUT2D eigenvalue weighted by molar-refractivity contribution is 5.48. The highest BCUT2D eigenvalue weighted by Gasteiger charge is 2.28. The van der Waals surface area contributed by atoms with Gasteiger partial charge in [0.15, 0.2) is 23.3 Å². The maximum absolute atomic E-state index is 13.7. The van der Waals surface area contributed by atoms with E-state index in [-0.39, 0.29) is 17.2 Å². The Hall–Kier alpha value is -1.43. The summed E-state index contributed by atoms with van der Waals surface area (Å²) in [5.74, 6) is 3.54. The van der Waals surface area contributed by atoms with Gasteiger partial charge >= 0.3 is 0 Å². The summed E-state index contributed by atoms with van der Waals surface area (Å²) in [6.45, 7) is 2.03. The summed E-state index contributed by atoms with van der Waals surface area (Å²) in [4.78, 5) is 3.83. The van der Waals surface area contributed by atoms with Crippen molar-refractivity contribution in [2.45, 2.75) is 44.6 Å². The molecule has 0 bridgehead atoms. The summed E-state index contributed by atoms with van der Waals surface area (Å²) < 4.78 is 26.9. The molecule has 4 N–H and O–H groups in total. The molecule has 0 amide bonds. The number of hydrazine groups is 1. The minimum atomic E-state index is -0.797. The summed E-state index contributed by atoms with van der Waals surface area (Å²) in [7, 11) is 0. The molecule has 1 fully saturated rings. The van der Waals surface area contributed by atoms with E-state index < -0.39 is 11.6 Å². The number of rotatable bonds is 3. The summed E-state index contributed by atoms with van der Waals surface area (Å²) in [6.07, 6.45) is 5.32. The molecular formula is C12H18F2N4. The van der Waals surface area contributed by atoms with Crippen LogP contribution in [0.15, 0.2) is 6.07 Å². The average molecular weight is 256 g/mol. The molecule has 6 heteroatoms. The number of halogens is 2. The Balaban J connectivity index is 2.22. The molecule has 0 aromatic carbocycles. The molecule has 1 aromatic rings. The molecule has 18 heavy (non-hydrogen) atoms. The molecule has 0 aliphatic heterocycles. The van der Waals surface area contributed by atoms with Crippen LogP contribution in [0.25, 0.3) is 0 Å². The number of nitrogens with one attached hydrogen (secondary N) is 2. The molecule has 4 nitrogen and oxygen atoms in total. The second-order valence-corrected chi connectivity index (χ2v) is 5.04. The van der Waals surface area contributed by atoms with Gasteiger partial charge in [0.2, 0.25) is 0 Å². The predicted molar refractivity (Wildman–Crippen MR) is 67.1 cm³/mol. The number of nitrogens with two attached hydrogens (primary N) is 1. The highest BCUT2D eigenvalue weighted by Crippen LogP contribution is 2.32. The topological polar surface area (TPSA) is 63.0 Å². The number of hydrogen-bond donors (Lipinski definition) is 3. The molecule has 0 atom stereocenters. The van der Waals surface area contributed by atoms with Crippen LogP contribution in [-0.2, 0) is 0 Å². The lowest BCUT2D eigenvalue weighted by Crippen LogP contribution is -2.37. The van der Waals surface area contributed by atoms with Crippen LogP contribution in [0.2, 0.25) is 0 Å². The van der Waals surface area contributed by atoms with Gasteiger partial charge in [-0.1, -0.05) is 19.3 Å². The summed E-state index contributed by atoms with van der Waals surface area (Å²) in [5, 5.41) is 3.08. The molecule has 1 aliphatic rings. The summed E-state index contributed by atoms with van der Waals surface area (Å²) >= 11 is 0. The largest absolute Gasteiger partial charge is 0.362 e. The van der Waals surface area contributed by atoms with Crippen molar-refractivity contribution in [1.82, 2.24) is 4.98 Å². The van der Waals surface area contributed by atoms with E-state index in [4.69, 9.17) is 5.84 Å². The first-order valence-electron chi connectivity index (χ1n) is 6.15.